The van der Waals surface area contributed by atoms with E-state index >= 15 is 0 Å². The number of hydrogen-bond donors (Lipinski definition) is 0. The molecule has 0 saturated carbocycles. The molecule has 1 amide bonds. The van der Waals surface area contributed by atoms with Crippen molar-refractivity contribution in [2.24, 2.45) is 7.05 Å². The van der Waals surface area contributed by atoms with E-state index in [1.165, 1.54) is 16.8 Å². The Bertz CT molecular complexity index is 1420. The van der Waals surface area contributed by atoms with Gasteiger partial charge in [0.2, 0.25) is 0 Å². The fraction of sp³-hybridized carbons (Fsp3) is 0.167. The van der Waals surface area contributed by atoms with Gasteiger partial charge in [-0.2, -0.15) is 10.4 Å². The van der Waals surface area contributed by atoms with E-state index in [4.69, 9.17) is 4.52 Å². The first-order valence-electron chi connectivity index (χ1n) is 10.2. The number of carbonyl (C=O) groups excluding carboxylic acids is 1. The quantitative estimate of drug-likeness (QED) is 0.475. The van der Waals surface area contributed by atoms with E-state index in [0.29, 0.717) is 18.8 Å². The zero-order chi connectivity index (χ0) is 23.1. The lowest BCUT2D eigenvalue weighted by Crippen LogP contribution is -2.38. The minimum atomic E-state index is -0.808. The summed E-state index contributed by atoms with van der Waals surface area (Å²) in [5.41, 5.74) is 3.17. The first-order valence-corrected chi connectivity index (χ1v) is 10.2. The molecule has 0 radical (unpaired) electrons. The molecule has 2 aromatic carbocycles. The zero-order valence-corrected chi connectivity index (χ0v) is 17.5. The van der Waals surface area contributed by atoms with Crippen LogP contribution in [0.1, 0.15) is 38.8 Å². The zero-order valence-electron chi connectivity index (χ0n) is 17.5. The molecule has 9 heteroatoms. The molecule has 1 atom stereocenters. The Morgan fingerprint density at radius 1 is 1.18 bits per heavy atom. The predicted octanol–water partition coefficient (Wildman–Crippen LogP) is 4.01. The maximum absolute atomic E-state index is 14.1. The number of carbonyl (C=O) groups is 1. The molecule has 0 aliphatic carbocycles. The van der Waals surface area contributed by atoms with Crippen molar-refractivity contribution in [3.63, 3.8) is 0 Å². The summed E-state index contributed by atoms with van der Waals surface area (Å²) < 4.78 is 34.0. The van der Waals surface area contributed by atoms with Gasteiger partial charge >= 0.3 is 0 Å². The summed E-state index contributed by atoms with van der Waals surface area (Å²) in [6.45, 7) is 0.657. The lowest BCUT2D eigenvalue weighted by atomic mass is 9.84. The Kier molecular flexibility index (Phi) is 4.98. The molecule has 0 spiro atoms. The average Bonchev–Trinajstić information content (AvgIpc) is 3.44. The first kappa shape index (κ1) is 20.6. The monoisotopic (exact) mass is 445 g/mol. The number of halogens is 2. The van der Waals surface area contributed by atoms with Gasteiger partial charge in [0.05, 0.1) is 11.8 Å². The Balaban J connectivity index is 1.48. The smallest absolute Gasteiger partial charge is 0.276 e. The second kappa shape index (κ2) is 7.98. The molecule has 164 valence electrons. The highest BCUT2D eigenvalue weighted by molar-refractivity contribution is 5.93. The van der Waals surface area contributed by atoms with E-state index in [1.807, 2.05) is 24.3 Å². The minimum absolute atomic E-state index is 0.0125. The Morgan fingerprint density at radius 2 is 2.00 bits per heavy atom. The average molecular weight is 445 g/mol. The van der Waals surface area contributed by atoms with Gasteiger partial charge in [-0.3, -0.25) is 9.48 Å². The lowest BCUT2D eigenvalue weighted by Gasteiger charge is -2.34. The molecular weight excluding hydrogens is 428 g/mol. The van der Waals surface area contributed by atoms with Crippen LogP contribution in [0.5, 0.6) is 0 Å². The van der Waals surface area contributed by atoms with E-state index < -0.39 is 17.5 Å². The Hall–Kier alpha value is -4.32. The number of nitriles is 1. The van der Waals surface area contributed by atoms with Crippen LogP contribution in [-0.4, -0.2) is 32.3 Å². The summed E-state index contributed by atoms with van der Waals surface area (Å²) in [6, 6.07) is 14.4. The molecule has 0 saturated heterocycles. The van der Waals surface area contributed by atoms with E-state index in [2.05, 4.69) is 16.3 Å². The molecule has 1 unspecified atom stereocenters. The van der Waals surface area contributed by atoms with Crippen molar-refractivity contribution in [2.75, 3.05) is 6.54 Å². The fourth-order valence-corrected chi connectivity index (χ4v) is 4.23. The van der Waals surface area contributed by atoms with Crippen LogP contribution in [0.2, 0.25) is 0 Å². The maximum Gasteiger partial charge on any atom is 0.276 e. The van der Waals surface area contributed by atoms with Crippen LogP contribution in [0.15, 0.2) is 59.3 Å². The minimum Gasteiger partial charge on any atom is -0.355 e. The number of hydrogen-bond acceptors (Lipinski definition) is 5. The van der Waals surface area contributed by atoms with E-state index in [9.17, 15) is 18.8 Å². The fourth-order valence-electron chi connectivity index (χ4n) is 4.23. The maximum atomic E-state index is 14.1. The standard InChI is InChI=1S/C24H17F2N5O2/c1-30-22(10-27)18(11-28-30)19-13-31(12-14-4-2-3-5-16(14)19)24(32)21-9-23(33-29-21)17-7-6-15(25)8-20(17)26/h2-9,11,19H,12-13H2,1H3. The molecule has 3 heterocycles. The number of benzene rings is 2. The van der Waals surface area contributed by atoms with Gasteiger partial charge in [0.1, 0.15) is 23.4 Å². The predicted molar refractivity (Wildman–Crippen MR) is 113 cm³/mol. The van der Waals surface area contributed by atoms with Crippen molar-refractivity contribution in [3.8, 4) is 17.4 Å². The molecule has 0 N–H and O–H groups in total. The highest BCUT2D eigenvalue weighted by Crippen LogP contribution is 2.35. The van der Waals surface area contributed by atoms with Crippen molar-refractivity contribution in [3.05, 3.63) is 94.4 Å². The molecule has 2 aromatic heterocycles. The Labute approximate surface area is 187 Å². The first-order chi connectivity index (χ1) is 16.0. The van der Waals surface area contributed by atoms with E-state index in [-0.39, 0.29) is 22.9 Å². The number of fused-ring (bicyclic) bond motifs is 1. The second-order valence-electron chi connectivity index (χ2n) is 7.82. The number of amides is 1. The van der Waals surface area contributed by atoms with Gasteiger partial charge in [-0.1, -0.05) is 29.4 Å². The van der Waals surface area contributed by atoms with Crippen LogP contribution in [0, 0.1) is 23.0 Å². The highest BCUT2D eigenvalue weighted by atomic mass is 19.1. The topological polar surface area (TPSA) is 87.9 Å². The summed E-state index contributed by atoms with van der Waals surface area (Å²) in [5.74, 6) is -2.13. The molecule has 1 aliphatic heterocycles. The van der Waals surface area contributed by atoms with Gasteiger partial charge in [0.25, 0.3) is 5.91 Å². The third-order valence-corrected chi connectivity index (χ3v) is 5.86. The number of aromatic nitrogens is 3. The van der Waals surface area contributed by atoms with Crippen molar-refractivity contribution in [1.82, 2.24) is 19.8 Å². The lowest BCUT2D eigenvalue weighted by molar-refractivity contribution is 0.0714. The molecule has 1 aliphatic rings. The summed E-state index contributed by atoms with van der Waals surface area (Å²) >= 11 is 0. The summed E-state index contributed by atoms with van der Waals surface area (Å²) in [4.78, 5) is 14.9. The van der Waals surface area contributed by atoms with Crippen LogP contribution >= 0.6 is 0 Å². The summed E-state index contributed by atoms with van der Waals surface area (Å²) in [7, 11) is 1.70. The molecule has 33 heavy (non-hydrogen) atoms. The van der Waals surface area contributed by atoms with Crippen LogP contribution in [0.3, 0.4) is 0 Å². The van der Waals surface area contributed by atoms with Crippen LogP contribution in [-0.2, 0) is 13.6 Å². The normalized spacial score (nSPS) is 15.2. The van der Waals surface area contributed by atoms with Crippen LogP contribution in [0.25, 0.3) is 11.3 Å². The van der Waals surface area contributed by atoms with Crippen LogP contribution in [0.4, 0.5) is 8.78 Å². The Morgan fingerprint density at radius 3 is 2.79 bits per heavy atom. The molecule has 7 nitrogen and oxygen atoms in total. The van der Waals surface area contributed by atoms with Gasteiger partial charge < -0.3 is 9.42 Å². The SMILES string of the molecule is Cn1ncc(C2CN(C(=O)c3cc(-c4ccc(F)cc4F)on3)Cc3ccccc32)c1C#N. The molecule has 4 aromatic rings. The van der Waals surface area contributed by atoms with Crippen molar-refractivity contribution >= 4 is 5.91 Å². The van der Waals surface area contributed by atoms with Gasteiger partial charge in [0, 0.05) is 43.8 Å². The summed E-state index contributed by atoms with van der Waals surface area (Å²) in [6.07, 6.45) is 1.65. The molecule has 0 fully saturated rings. The summed E-state index contributed by atoms with van der Waals surface area (Å²) in [5, 5.41) is 17.6. The van der Waals surface area contributed by atoms with Crippen LogP contribution < -0.4 is 0 Å². The van der Waals surface area contributed by atoms with Crippen molar-refractivity contribution < 1.29 is 18.1 Å². The van der Waals surface area contributed by atoms with Crippen molar-refractivity contribution in [1.29, 1.82) is 5.26 Å². The van der Waals surface area contributed by atoms with E-state index in [1.54, 1.807) is 18.1 Å². The van der Waals surface area contributed by atoms with Gasteiger partial charge in [-0.05, 0) is 23.3 Å². The third kappa shape index (κ3) is 3.55. The number of rotatable bonds is 3. The number of aryl methyl sites for hydroxylation is 1. The van der Waals surface area contributed by atoms with E-state index in [0.717, 1.165) is 28.8 Å². The molecular formula is C24H17F2N5O2. The highest BCUT2D eigenvalue weighted by Gasteiger charge is 2.33. The molecule has 0 bridgehead atoms. The third-order valence-electron chi connectivity index (χ3n) is 5.86. The van der Waals surface area contributed by atoms with Gasteiger partial charge in [-0.15, -0.1) is 0 Å². The van der Waals surface area contributed by atoms with Gasteiger partial charge in [-0.25, -0.2) is 8.78 Å². The molecule has 5 rings (SSSR count). The van der Waals surface area contributed by atoms with Gasteiger partial charge in [0.15, 0.2) is 11.5 Å². The largest absolute Gasteiger partial charge is 0.355 e. The second-order valence-corrected chi connectivity index (χ2v) is 7.82. The van der Waals surface area contributed by atoms with Crippen molar-refractivity contribution in [2.45, 2.75) is 12.5 Å². The number of nitrogens with zero attached hydrogens (tertiary/aromatic N) is 5.